The third kappa shape index (κ3) is 1.21. The zero-order chi connectivity index (χ0) is 10.3. The molecule has 0 amide bonds. The molecule has 0 aliphatic heterocycles. The molecular weight excluding hydrogens is 176 g/mol. The van der Waals surface area contributed by atoms with Gasteiger partial charge >= 0.3 is 0 Å². The molecule has 3 nitrogen and oxygen atoms in total. The fourth-order valence-corrected chi connectivity index (χ4v) is 1.90. The SMILES string of the molecule is Cc1nn(C)c2cccc(C(C)O)c12. The first kappa shape index (κ1) is 9.21. The highest BCUT2D eigenvalue weighted by molar-refractivity contribution is 5.85. The molecule has 0 aliphatic carbocycles. The van der Waals surface area contributed by atoms with Crippen LogP contribution in [0.1, 0.15) is 24.3 Å². The van der Waals surface area contributed by atoms with Crippen LogP contribution in [0.4, 0.5) is 0 Å². The van der Waals surface area contributed by atoms with Crippen molar-refractivity contribution in [3.05, 3.63) is 29.5 Å². The smallest absolute Gasteiger partial charge is 0.0769 e. The molecular formula is C11H14N2O. The molecule has 0 spiro atoms. The Hall–Kier alpha value is -1.35. The Morgan fingerprint density at radius 2 is 2.14 bits per heavy atom. The first-order chi connectivity index (χ1) is 6.61. The summed E-state index contributed by atoms with van der Waals surface area (Å²) in [5, 5.41) is 15.0. The van der Waals surface area contributed by atoms with Crippen LogP contribution in [0, 0.1) is 6.92 Å². The third-order valence-electron chi connectivity index (χ3n) is 2.54. The van der Waals surface area contributed by atoms with E-state index in [1.54, 1.807) is 6.92 Å². The fraction of sp³-hybridized carbons (Fsp3) is 0.364. The number of nitrogens with zero attached hydrogens (tertiary/aromatic N) is 2. The number of fused-ring (bicyclic) bond motifs is 1. The Kier molecular flexibility index (Phi) is 2.04. The number of aryl methyl sites for hydroxylation is 2. The van der Waals surface area contributed by atoms with Crippen molar-refractivity contribution in [3.8, 4) is 0 Å². The minimum absolute atomic E-state index is 0.443. The summed E-state index contributed by atoms with van der Waals surface area (Å²) >= 11 is 0. The van der Waals surface area contributed by atoms with Crippen LogP contribution >= 0.6 is 0 Å². The van der Waals surface area contributed by atoms with Gasteiger partial charge in [0, 0.05) is 12.4 Å². The Labute approximate surface area is 83.0 Å². The van der Waals surface area contributed by atoms with Crippen LogP contribution in [0.25, 0.3) is 10.9 Å². The maximum Gasteiger partial charge on any atom is 0.0769 e. The average molecular weight is 190 g/mol. The summed E-state index contributed by atoms with van der Waals surface area (Å²) in [6.07, 6.45) is -0.443. The van der Waals surface area contributed by atoms with E-state index in [4.69, 9.17) is 0 Å². The van der Waals surface area contributed by atoms with Crippen LogP contribution in [-0.4, -0.2) is 14.9 Å². The van der Waals surface area contributed by atoms with Gasteiger partial charge in [-0.25, -0.2) is 0 Å². The minimum atomic E-state index is -0.443. The Morgan fingerprint density at radius 1 is 1.43 bits per heavy atom. The molecule has 74 valence electrons. The second kappa shape index (κ2) is 3.10. The van der Waals surface area contributed by atoms with Crippen molar-refractivity contribution in [1.29, 1.82) is 0 Å². The van der Waals surface area contributed by atoms with Crippen LogP contribution in [0.2, 0.25) is 0 Å². The van der Waals surface area contributed by atoms with Gasteiger partial charge in [0.15, 0.2) is 0 Å². The molecule has 1 unspecified atom stereocenters. The summed E-state index contributed by atoms with van der Waals surface area (Å²) in [6.45, 7) is 3.75. The van der Waals surface area contributed by atoms with Gasteiger partial charge in [-0.1, -0.05) is 12.1 Å². The molecule has 1 N–H and O–H groups in total. The van der Waals surface area contributed by atoms with Gasteiger partial charge in [0.25, 0.3) is 0 Å². The monoisotopic (exact) mass is 190 g/mol. The maximum atomic E-state index is 9.62. The standard InChI is InChI=1S/C11H14N2O/c1-7-11-9(8(2)14)5-4-6-10(11)13(3)12-7/h4-6,8,14H,1-3H3. The summed E-state index contributed by atoms with van der Waals surface area (Å²) in [5.41, 5.74) is 2.99. The van der Waals surface area contributed by atoms with Gasteiger partial charge in [-0.3, -0.25) is 4.68 Å². The Morgan fingerprint density at radius 3 is 2.79 bits per heavy atom. The highest BCUT2D eigenvalue weighted by atomic mass is 16.3. The predicted molar refractivity (Wildman–Crippen MR) is 56.1 cm³/mol. The van der Waals surface area contributed by atoms with Gasteiger partial charge < -0.3 is 5.11 Å². The zero-order valence-electron chi connectivity index (χ0n) is 8.65. The third-order valence-corrected chi connectivity index (χ3v) is 2.54. The van der Waals surface area contributed by atoms with Gasteiger partial charge in [0.05, 0.1) is 17.3 Å². The Bertz CT molecular complexity index is 471. The lowest BCUT2D eigenvalue weighted by molar-refractivity contribution is 0.201. The summed E-state index contributed by atoms with van der Waals surface area (Å²) in [7, 11) is 1.92. The van der Waals surface area contributed by atoms with Crippen molar-refractivity contribution < 1.29 is 5.11 Å². The highest BCUT2D eigenvalue weighted by Crippen LogP contribution is 2.26. The van der Waals surface area contributed by atoms with E-state index in [0.717, 1.165) is 22.2 Å². The molecule has 0 radical (unpaired) electrons. The van der Waals surface area contributed by atoms with E-state index in [-0.39, 0.29) is 0 Å². The first-order valence-corrected chi connectivity index (χ1v) is 4.71. The van der Waals surface area contributed by atoms with Crippen molar-refractivity contribution in [2.45, 2.75) is 20.0 Å². The van der Waals surface area contributed by atoms with Crippen LogP contribution in [-0.2, 0) is 7.05 Å². The molecule has 0 bridgehead atoms. The van der Waals surface area contributed by atoms with E-state index in [0.29, 0.717) is 0 Å². The minimum Gasteiger partial charge on any atom is -0.389 e. The summed E-state index contributed by atoms with van der Waals surface area (Å²) in [4.78, 5) is 0. The molecule has 0 fully saturated rings. The lowest BCUT2D eigenvalue weighted by Crippen LogP contribution is -1.93. The Balaban J connectivity index is 2.85. The van der Waals surface area contributed by atoms with Gasteiger partial charge in [-0.15, -0.1) is 0 Å². The second-order valence-electron chi connectivity index (χ2n) is 3.63. The van der Waals surface area contributed by atoms with Crippen molar-refractivity contribution in [2.24, 2.45) is 7.05 Å². The number of hydrogen-bond acceptors (Lipinski definition) is 2. The molecule has 1 aromatic heterocycles. The topological polar surface area (TPSA) is 38.0 Å². The fourth-order valence-electron chi connectivity index (χ4n) is 1.90. The van der Waals surface area contributed by atoms with Crippen LogP contribution in [0.15, 0.2) is 18.2 Å². The van der Waals surface area contributed by atoms with Gasteiger partial charge in [-0.2, -0.15) is 5.10 Å². The molecule has 1 heterocycles. The zero-order valence-corrected chi connectivity index (χ0v) is 8.65. The number of rotatable bonds is 1. The van der Waals surface area contributed by atoms with Gasteiger partial charge in [0.2, 0.25) is 0 Å². The number of aliphatic hydroxyl groups is 1. The van der Waals surface area contributed by atoms with E-state index in [2.05, 4.69) is 5.10 Å². The quantitative estimate of drug-likeness (QED) is 0.746. The van der Waals surface area contributed by atoms with Crippen molar-refractivity contribution in [1.82, 2.24) is 9.78 Å². The molecule has 3 heteroatoms. The van der Waals surface area contributed by atoms with Crippen LogP contribution < -0.4 is 0 Å². The normalized spacial score (nSPS) is 13.4. The van der Waals surface area contributed by atoms with Gasteiger partial charge in [0.1, 0.15) is 0 Å². The van der Waals surface area contributed by atoms with Crippen molar-refractivity contribution >= 4 is 10.9 Å². The molecule has 2 aromatic rings. The molecule has 2 rings (SSSR count). The number of aromatic nitrogens is 2. The maximum absolute atomic E-state index is 9.62. The van der Waals surface area contributed by atoms with E-state index < -0.39 is 6.10 Å². The lowest BCUT2D eigenvalue weighted by Gasteiger charge is -2.06. The molecule has 0 saturated carbocycles. The van der Waals surface area contributed by atoms with Crippen molar-refractivity contribution in [2.75, 3.05) is 0 Å². The molecule has 0 aliphatic rings. The average Bonchev–Trinajstić information content (AvgIpc) is 2.43. The van der Waals surface area contributed by atoms with Crippen LogP contribution in [0.5, 0.6) is 0 Å². The van der Waals surface area contributed by atoms with E-state index in [1.807, 2.05) is 36.9 Å². The number of benzene rings is 1. The second-order valence-corrected chi connectivity index (χ2v) is 3.63. The van der Waals surface area contributed by atoms with E-state index in [9.17, 15) is 5.11 Å². The van der Waals surface area contributed by atoms with Crippen molar-refractivity contribution in [3.63, 3.8) is 0 Å². The van der Waals surface area contributed by atoms with Crippen LogP contribution in [0.3, 0.4) is 0 Å². The molecule has 1 atom stereocenters. The van der Waals surface area contributed by atoms with Gasteiger partial charge in [-0.05, 0) is 25.5 Å². The number of hydrogen-bond donors (Lipinski definition) is 1. The molecule has 0 saturated heterocycles. The first-order valence-electron chi connectivity index (χ1n) is 4.71. The van der Waals surface area contributed by atoms with E-state index in [1.165, 1.54) is 0 Å². The lowest BCUT2D eigenvalue weighted by atomic mass is 10.0. The molecule has 1 aromatic carbocycles. The summed E-state index contributed by atoms with van der Waals surface area (Å²) in [6, 6.07) is 5.91. The largest absolute Gasteiger partial charge is 0.389 e. The predicted octanol–water partition coefficient (Wildman–Crippen LogP) is 1.94. The highest BCUT2D eigenvalue weighted by Gasteiger charge is 2.11. The summed E-state index contributed by atoms with van der Waals surface area (Å²) in [5.74, 6) is 0. The summed E-state index contributed by atoms with van der Waals surface area (Å²) < 4.78 is 1.84. The molecule has 14 heavy (non-hydrogen) atoms. The van der Waals surface area contributed by atoms with E-state index >= 15 is 0 Å². The number of aliphatic hydroxyl groups excluding tert-OH is 1.